The van der Waals surface area contributed by atoms with Gasteiger partial charge in [-0.25, -0.2) is 4.79 Å². The smallest absolute Gasteiger partial charge is 0.330 e. The van der Waals surface area contributed by atoms with E-state index in [1.165, 1.54) is 13.2 Å². The van der Waals surface area contributed by atoms with Crippen molar-refractivity contribution in [1.82, 2.24) is 0 Å². The van der Waals surface area contributed by atoms with Crippen LogP contribution in [0, 0.1) is 5.92 Å². The Bertz CT molecular complexity index is 249. The van der Waals surface area contributed by atoms with Gasteiger partial charge in [0.1, 0.15) is 0 Å². The number of allylic oxidation sites excluding steroid dienone is 5. The summed E-state index contributed by atoms with van der Waals surface area (Å²) in [7, 11) is 1.38. The van der Waals surface area contributed by atoms with Crippen LogP contribution in [0.3, 0.4) is 0 Å². The van der Waals surface area contributed by atoms with Crippen LogP contribution in [0.2, 0.25) is 0 Å². The molecule has 0 fully saturated rings. The third-order valence-electron chi connectivity index (χ3n) is 1.96. The van der Waals surface area contributed by atoms with Gasteiger partial charge in [-0.3, -0.25) is 0 Å². The van der Waals surface area contributed by atoms with Gasteiger partial charge in [0.15, 0.2) is 0 Å². The molecule has 0 aromatic heterocycles. The third-order valence-corrected chi connectivity index (χ3v) is 1.96. The number of esters is 1. The lowest BCUT2D eigenvalue weighted by Gasteiger charge is -2.08. The van der Waals surface area contributed by atoms with Gasteiger partial charge in [0.25, 0.3) is 0 Å². The second-order valence-electron chi connectivity index (χ2n) is 2.97. The Morgan fingerprint density at radius 1 is 1.62 bits per heavy atom. The van der Waals surface area contributed by atoms with Crippen molar-refractivity contribution in [1.29, 1.82) is 0 Å². The number of carbonyl (C=O) groups is 1. The zero-order valence-corrected chi connectivity index (χ0v) is 7.77. The van der Waals surface area contributed by atoms with Crippen molar-refractivity contribution in [2.75, 3.05) is 7.11 Å². The van der Waals surface area contributed by atoms with Crippen LogP contribution in [-0.4, -0.2) is 13.1 Å². The Labute approximate surface area is 78.6 Å². The number of ether oxygens (including phenoxy) is 1. The maximum Gasteiger partial charge on any atom is 0.330 e. The van der Waals surface area contributed by atoms with Gasteiger partial charge >= 0.3 is 5.97 Å². The summed E-state index contributed by atoms with van der Waals surface area (Å²) in [5, 5.41) is 0. The molecule has 0 heterocycles. The number of methoxy groups -OCH3 is 1. The molecule has 0 unspecified atom stereocenters. The standard InChI is InChI=1S/C11H14O2/c1-13-11(12)9-5-8-10-6-3-2-4-7-10/h2-6,9-10H,7-8H2,1H3/b9-5+/t10-/m1/s1. The van der Waals surface area contributed by atoms with E-state index in [-0.39, 0.29) is 5.97 Å². The highest BCUT2D eigenvalue weighted by molar-refractivity contribution is 5.81. The first-order valence-corrected chi connectivity index (χ1v) is 4.40. The predicted molar refractivity (Wildman–Crippen MR) is 52.2 cm³/mol. The number of hydrogen-bond donors (Lipinski definition) is 0. The summed E-state index contributed by atoms with van der Waals surface area (Å²) in [4.78, 5) is 10.7. The van der Waals surface area contributed by atoms with Gasteiger partial charge in [-0.2, -0.15) is 0 Å². The Morgan fingerprint density at radius 2 is 2.46 bits per heavy atom. The van der Waals surface area contributed by atoms with E-state index >= 15 is 0 Å². The summed E-state index contributed by atoms with van der Waals surface area (Å²) in [6, 6.07) is 0. The van der Waals surface area contributed by atoms with E-state index in [1.807, 2.05) is 18.2 Å². The molecule has 0 radical (unpaired) electrons. The average Bonchev–Trinajstić information content (AvgIpc) is 2.19. The van der Waals surface area contributed by atoms with Crippen molar-refractivity contribution in [2.24, 2.45) is 5.92 Å². The first-order valence-electron chi connectivity index (χ1n) is 4.40. The Morgan fingerprint density at radius 3 is 3.08 bits per heavy atom. The molecular formula is C11H14O2. The monoisotopic (exact) mass is 178 g/mol. The van der Waals surface area contributed by atoms with E-state index in [4.69, 9.17) is 0 Å². The molecule has 0 amide bonds. The van der Waals surface area contributed by atoms with Crippen LogP contribution in [0.4, 0.5) is 0 Å². The van der Waals surface area contributed by atoms with E-state index in [2.05, 4.69) is 16.9 Å². The summed E-state index contributed by atoms with van der Waals surface area (Å²) in [6.07, 6.45) is 13.7. The van der Waals surface area contributed by atoms with Crippen LogP contribution >= 0.6 is 0 Å². The largest absolute Gasteiger partial charge is 0.466 e. The Balaban J connectivity index is 2.26. The van der Waals surface area contributed by atoms with Crippen molar-refractivity contribution in [2.45, 2.75) is 12.8 Å². The van der Waals surface area contributed by atoms with E-state index in [1.54, 1.807) is 0 Å². The van der Waals surface area contributed by atoms with Crippen molar-refractivity contribution >= 4 is 5.97 Å². The molecule has 0 saturated carbocycles. The highest BCUT2D eigenvalue weighted by Crippen LogP contribution is 2.15. The van der Waals surface area contributed by atoms with Crippen LogP contribution in [0.25, 0.3) is 0 Å². The number of hydrogen-bond acceptors (Lipinski definition) is 2. The lowest BCUT2D eigenvalue weighted by Crippen LogP contribution is -1.97. The summed E-state index contributed by atoms with van der Waals surface area (Å²) in [5.41, 5.74) is 0. The molecule has 0 bridgehead atoms. The van der Waals surface area contributed by atoms with Crippen LogP contribution in [0.1, 0.15) is 12.8 Å². The summed E-state index contributed by atoms with van der Waals surface area (Å²) in [6.45, 7) is 0. The molecular weight excluding hydrogens is 164 g/mol. The zero-order valence-electron chi connectivity index (χ0n) is 7.77. The average molecular weight is 178 g/mol. The zero-order chi connectivity index (χ0) is 9.52. The molecule has 0 aliphatic heterocycles. The van der Waals surface area contributed by atoms with Crippen LogP contribution in [0.15, 0.2) is 36.5 Å². The van der Waals surface area contributed by atoms with Crippen molar-refractivity contribution in [3.63, 3.8) is 0 Å². The van der Waals surface area contributed by atoms with Gasteiger partial charge in [-0.05, 0) is 18.8 Å². The first kappa shape index (κ1) is 9.78. The van der Waals surface area contributed by atoms with E-state index < -0.39 is 0 Å². The SMILES string of the molecule is COC(=O)/C=C/C[C@@H]1C=CC=CC1. The Hall–Kier alpha value is -1.31. The maximum atomic E-state index is 10.7. The quantitative estimate of drug-likeness (QED) is 0.489. The molecule has 2 heteroatoms. The first-order chi connectivity index (χ1) is 6.33. The second kappa shape index (κ2) is 5.36. The van der Waals surface area contributed by atoms with Gasteiger partial charge in [-0.1, -0.05) is 30.4 Å². The summed E-state index contributed by atoms with van der Waals surface area (Å²) < 4.78 is 4.48. The molecule has 0 aromatic carbocycles. The minimum atomic E-state index is -0.282. The fourth-order valence-electron chi connectivity index (χ4n) is 1.21. The molecule has 0 aromatic rings. The van der Waals surface area contributed by atoms with E-state index in [0.29, 0.717) is 5.92 Å². The summed E-state index contributed by atoms with van der Waals surface area (Å²) in [5.74, 6) is 0.251. The molecule has 0 saturated heterocycles. The molecule has 1 atom stereocenters. The van der Waals surface area contributed by atoms with Crippen LogP contribution in [0.5, 0.6) is 0 Å². The van der Waals surface area contributed by atoms with Gasteiger partial charge in [0, 0.05) is 6.08 Å². The van der Waals surface area contributed by atoms with E-state index in [9.17, 15) is 4.79 Å². The van der Waals surface area contributed by atoms with Crippen LogP contribution in [-0.2, 0) is 9.53 Å². The van der Waals surface area contributed by atoms with Gasteiger partial charge in [0.05, 0.1) is 7.11 Å². The molecule has 1 aliphatic carbocycles. The molecule has 0 spiro atoms. The van der Waals surface area contributed by atoms with E-state index in [0.717, 1.165) is 12.8 Å². The Kier molecular flexibility index (Phi) is 4.03. The topological polar surface area (TPSA) is 26.3 Å². The highest BCUT2D eigenvalue weighted by atomic mass is 16.5. The van der Waals surface area contributed by atoms with Crippen molar-refractivity contribution < 1.29 is 9.53 Å². The highest BCUT2D eigenvalue weighted by Gasteiger charge is 2.02. The number of rotatable bonds is 3. The molecule has 13 heavy (non-hydrogen) atoms. The molecule has 2 nitrogen and oxygen atoms in total. The lowest BCUT2D eigenvalue weighted by atomic mass is 9.97. The second-order valence-corrected chi connectivity index (χ2v) is 2.97. The molecule has 70 valence electrons. The van der Waals surface area contributed by atoms with Crippen molar-refractivity contribution in [3.8, 4) is 0 Å². The third kappa shape index (κ3) is 3.74. The van der Waals surface area contributed by atoms with Crippen LogP contribution < -0.4 is 0 Å². The number of carbonyl (C=O) groups excluding carboxylic acids is 1. The maximum absolute atomic E-state index is 10.7. The molecule has 1 rings (SSSR count). The van der Waals surface area contributed by atoms with Gasteiger partial charge in [0.2, 0.25) is 0 Å². The minimum Gasteiger partial charge on any atom is -0.466 e. The minimum absolute atomic E-state index is 0.282. The van der Waals surface area contributed by atoms with Crippen molar-refractivity contribution in [3.05, 3.63) is 36.5 Å². The normalized spacial score (nSPS) is 20.8. The van der Waals surface area contributed by atoms with Gasteiger partial charge < -0.3 is 4.74 Å². The molecule has 1 aliphatic rings. The fraction of sp³-hybridized carbons (Fsp3) is 0.364. The summed E-state index contributed by atoms with van der Waals surface area (Å²) >= 11 is 0. The fourth-order valence-corrected chi connectivity index (χ4v) is 1.21. The lowest BCUT2D eigenvalue weighted by molar-refractivity contribution is -0.134. The van der Waals surface area contributed by atoms with Gasteiger partial charge in [-0.15, -0.1) is 0 Å². The predicted octanol–water partition coefficient (Wildman–Crippen LogP) is 2.24. The molecule has 0 N–H and O–H groups in total.